The lowest BCUT2D eigenvalue weighted by molar-refractivity contribution is 0.244. The molecule has 2 aromatic rings. The summed E-state index contributed by atoms with van der Waals surface area (Å²) in [7, 11) is 3.27. The maximum Gasteiger partial charge on any atom is 0.161 e. The van der Waals surface area contributed by atoms with E-state index >= 15 is 0 Å². The van der Waals surface area contributed by atoms with Crippen molar-refractivity contribution in [2.45, 2.75) is 13.0 Å². The van der Waals surface area contributed by atoms with Gasteiger partial charge in [-0.3, -0.25) is 0 Å². The van der Waals surface area contributed by atoms with E-state index in [1.54, 1.807) is 14.2 Å². The van der Waals surface area contributed by atoms with Gasteiger partial charge in [-0.2, -0.15) is 0 Å². The van der Waals surface area contributed by atoms with Crippen LogP contribution in [0.4, 0.5) is 0 Å². The van der Waals surface area contributed by atoms with Crippen molar-refractivity contribution in [3.63, 3.8) is 0 Å². The molecule has 0 saturated heterocycles. The normalized spacial score (nSPS) is 11.6. The zero-order valence-corrected chi connectivity index (χ0v) is 14.5. The predicted molar refractivity (Wildman–Crippen MR) is 94.4 cm³/mol. The summed E-state index contributed by atoms with van der Waals surface area (Å²) in [5, 5.41) is 3.37. The predicted octanol–water partition coefficient (Wildman–Crippen LogP) is 3.14. The number of para-hydroxylation sites is 4. The highest BCUT2D eigenvalue weighted by molar-refractivity contribution is 5.39. The van der Waals surface area contributed by atoms with E-state index in [0.29, 0.717) is 19.8 Å². The number of nitrogens with one attached hydrogen (secondary N) is 1. The maximum atomic E-state index is 5.79. The van der Waals surface area contributed by atoms with Crippen LogP contribution in [-0.4, -0.2) is 40.0 Å². The lowest BCUT2D eigenvalue weighted by Gasteiger charge is -2.17. The fraction of sp³-hybridized carbons (Fsp3) is 0.368. The minimum absolute atomic E-state index is 0.191. The summed E-state index contributed by atoms with van der Waals surface area (Å²) in [5.74, 6) is 2.98. The Balaban J connectivity index is 1.69. The van der Waals surface area contributed by atoms with E-state index in [0.717, 1.165) is 23.0 Å². The highest BCUT2D eigenvalue weighted by Crippen LogP contribution is 2.26. The van der Waals surface area contributed by atoms with Gasteiger partial charge in [0.2, 0.25) is 0 Å². The third-order valence-electron chi connectivity index (χ3n) is 3.48. The van der Waals surface area contributed by atoms with Crippen LogP contribution in [0.25, 0.3) is 0 Å². The van der Waals surface area contributed by atoms with Crippen LogP contribution in [0.2, 0.25) is 0 Å². The first-order valence-electron chi connectivity index (χ1n) is 7.99. The molecule has 0 aliphatic carbocycles. The lowest BCUT2D eigenvalue weighted by atomic mass is 10.3. The number of ether oxygens (including phenoxy) is 4. The van der Waals surface area contributed by atoms with Gasteiger partial charge in [0.05, 0.1) is 14.2 Å². The zero-order valence-electron chi connectivity index (χ0n) is 14.5. The molecule has 0 aliphatic rings. The van der Waals surface area contributed by atoms with E-state index in [9.17, 15) is 0 Å². The Labute approximate surface area is 143 Å². The molecule has 5 nitrogen and oxygen atoms in total. The summed E-state index contributed by atoms with van der Waals surface area (Å²) < 4.78 is 22.0. The molecule has 5 heteroatoms. The number of rotatable bonds is 10. The van der Waals surface area contributed by atoms with Crippen molar-refractivity contribution >= 4 is 0 Å². The van der Waals surface area contributed by atoms with Gasteiger partial charge in [-0.05, 0) is 31.2 Å². The molecule has 1 N–H and O–H groups in total. The minimum Gasteiger partial charge on any atom is -0.493 e. The van der Waals surface area contributed by atoms with E-state index in [1.165, 1.54) is 0 Å². The van der Waals surface area contributed by atoms with Crippen molar-refractivity contribution in [2.75, 3.05) is 34.0 Å². The smallest absolute Gasteiger partial charge is 0.161 e. The summed E-state index contributed by atoms with van der Waals surface area (Å²) in [6.07, 6.45) is 0. The Hall–Kier alpha value is -2.40. The molecule has 1 atom stereocenters. The van der Waals surface area contributed by atoms with Crippen LogP contribution < -0.4 is 24.3 Å². The van der Waals surface area contributed by atoms with Gasteiger partial charge in [0.15, 0.2) is 23.0 Å². The first-order valence-corrected chi connectivity index (χ1v) is 7.99. The summed E-state index contributed by atoms with van der Waals surface area (Å²) in [6, 6.07) is 15.4. The summed E-state index contributed by atoms with van der Waals surface area (Å²) in [5.41, 5.74) is 0. The number of methoxy groups -OCH3 is 2. The average molecular weight is 331 g/mol. The molecule has 0 fully saturated rings. The molecule has 24 heavy (non-hydrogen) atoms. The second-order valence-corrected chi connectivity index (χ2v) is 5.32. The van der Waals surface area contributed by atoms with Crippen LogP contribution in [0, 0.1) is 0 Å². The molecule has 1 unspecified atom stereocenters. The van der Waals surface area contributed by atoms with Crippen LogP contribution in [0.15, 0.2) is 48.5 Å². The van der Waals surface area contributed by atoms with Crippen LogP contribution in [0.5, 0.6) is 23.0 Å². The maximum absolute atomic E-state index is 5.79. The van der Waals surface area contributed by atoms with Crippen molar-refractivity contribution in [1.82, 2.24) is 5.32 Å². The lowest BCUT2D eigenvalue weighted by Crippen LogP contribution is -2.34. The molecular weight excluding hydrogens is 306 g/mol. The van der Waals surface area contributed by atoms with Gasteiger partial charge in [0.1, 0.15) is 13.2 Å². The molecule has 2 aromatic carbocycles. The molecule has 0 spiro atoms. The molecule has 2 rings (SSSR count). The number of benzene rings is 2. The highest BCUT2D eigenvalue weighted by Gasteiger charge is 2.07. The fourth-order valence-corrected chi connectivity index (χ4v) is 2.22. The SMILES string of the molecule is COc1ccccc1OCCNC(C)COc1ccccc1OC. The standard InChI is InChI=1S/C19H25NO4/c1-15(14-24-19-11-7-5-9-17(19)22-3)20-12-13-23-18-10-6-4-8-16(18)21-2/h4-11,15,20H,12-14H2,1-3H3. The van der Waals surface area contributed by atoms with Gasteiger partial charge in [-0.1, -0.05) is 24.3 Å². The molecule has 0 saturated carbocycles. The van der Waals surface area contributed by atoms with Gasteiger partial charge in [-0.25, -0.2) is 0 Å². The monoisotopic (exact) mass is 331 g/mol. The molecular formula is C19H25NO4. The molecule has 0 aromatic heterocycles. The Morgan fingerprint density at radius 2 is 1.29 bits per heavy atom. The van der Waals surface area contributed by atoms with Crippen molar-refractivity contribution in [1.29, 1.82) is 0 Å². The Morgan fingerprint density at radius 1 is 0.792 bits per heavy atom. The molecule has 130 valence electrons. The zero-order chi connectivity index (χ0) is 17.2. The van der Waals surface area contributed by atoms with E-state index in [2.05, 4.69) is 12.2 Å². The minimum atomic E-state index is 0.191. The molecule has 0 radical (unpaired) electrons. The first kappa shape index (κ1) is 17.9. The van der Waals surface area contributed by atoms with Crippen molar-refractivity contribution < 1.29 is 18.9 Å². The number of hydrogen-bond donors (Lipinski definition) is 1. The first-order chi connectivity index (χ1) is 11.7. The van der Waals surface area contributed by atoms with Crippen LogP contribution >= 0.6 is 0 Å². The summed E-state index contributed by atoms with van der Waals surface area (Å²) in [4.78, 5) is 0. The molecule has 0 aliphatic heterocycles. The Morgan fingerprint density at radius 3 is 1.83 bits per heavy atom. The second-order valence-electron chi connectivity index (χ2n) is 5.32. The average Bonchev–Trinajstić information content (AvgIpc) is 2.64. The van der Waals surface area contributed by atoms with Gasteiger partial charge < -0.3 is 24.3 Å². The third kappa shape index (κ3) is 5.35. The van der Waals surface area contributed by atoms with Crippen LogP contribution in [0.1, 0.15) is 6.92 Å². The molecule has 0 amide bonds. The summed E-state index contributed by atoms with van der Waals surface area (Å²) in [6.45, 7) is 3.89. The number of hydrogen-bond acceptors (Lipinski definition) is 5. The highest BCUT2D eigenvalue weighted by atomic mass is 16.5. The van der Waals surface area contributed by atoms with Gasteiger partial charge in [-0.15, -0.1) is 0 Å². The quantitative estimate of drug-likeness (QED) is 0.678. The van der Waals surface area contributed by atoms with Gasteiger partial charge >= 0.3 is 0 Å². The molecule has 0 heterocycles. The second kappa shape index (κ2) is 9.67. The van der Waals surface area contributed by atoms with E-state index in [-0.39, 0.29) is 6.04 Å². The van der Waals surface area contributed by atoms with Gasteiger partial charge in [0.25, 0.3) is 0 Å². The van der Waals surface area contributed by atoms with E-state index < -0.39 is 0 Å². The van der Waals surface area contributed by atoms with Crippen LogP contribution in [0.3, 0.4) is 0 Å². The summed E-state index contributed by atoms with van der Waals surface area (Å²) >= 11 is 0. The molecule has 0 bridgehead atoms. The van der Waals surface area contributed by atoms with Crippen LogP contribution in [-0.2, 0) is 0 Å². The van der Waals surface area contributed by atoms with Crippen molar-refractivity contribution in [3.05, 3.63) is 48.5 Å². The van der Waals surface area contributed by atoms with Gasteiger partial charge in [0, 0.05) is 12.6 Å². The third-order valence-corrected chi connectivity index (χ3v) is 3.48. The topological polar surface area (TPSA) is 49.0 Å². The van der Waals surface area contributed by atoms with Crippen molar-refractivity contribution in [3.8, 4) is 23.0 Å². The Kier molecular flexibility index (Phi) is 7.23. The van der Waals surface area contributed by atoms with E-state index in [4.69, 9.17) is 18.9 Å². The van der Waals surface area contributed by atoms with E-state index in [1.807, 2.05) is 48.5 Å². The fourth-order valence-electron chi connectivity index (χ4n) is 2.22. The largest absolute Gasteiger partial charge is 0.493 e. The Bertz CT molecular complexity index is 618. The van der Waals surface area contributed by atoms with Crippen molar-refractivity contribution in [2.24, 2.45) is 0 Å².